The van der Waals surface area contributed by atoms with Crippen LogP contribution in [-0.4, -0.2) is 18.0 Å². The van der Waals surface area contributed by atoms with Gasteiger partial charge in [-0.2, -0.15) is 0 Å². The van der Waals surface area contributed by atoms with Crippen LogP contribution in [-0.2, 0) is 13.6 Å². The summed E-state index contributed by atoms with van der Waals surface area (Å²) >= 11 is 1.70. The number of rotatable bonds is 7. The zero-order valence-electron chi connectivity index (χ0n) is 13.5. The van der Waals surface area contributed by atoms with Crippen molar-refractivity contribution in [3.05, 3.63) is 29.8 Å². The Morgan fingerprint density at radius 1 is 1.19 bits per heavy atom. The lowest BCUT2D eigenvalue weighted by Gasteiger charge is -2.26. The monoisotopic (exact) mass is 331 g/mol. The molecule has 0 fully saturated rings. The van der Waals surface area contributed by atoms with Crippen LogP contribution in [0.15, 0.2) is 29.2 Å². The Labute approximate surface area is 132 Å². The van der Waals surface area contributed by atoms with E-state index >= 15 is 0 Å². The van der Waals surface area contributed by atoms with Gasteiger partial charge in [-0.3, -0.25) is 4.57 Å². The van der Waals surface area contributed by atoms with E-state index in [-0.39, 0.29) is 4.75 Å². The standard InChI is InChI=1S/C15H26NO3PS/c1-6-18-20(17,19-7-2)14(16)12-10-8-9-11-13(12)21-15(3,4)5/h8-11,14H,6-7,16H2,1-5H3/t14-/m0/s1. The van der Waals surface area contributed by atoms with Gasteiger partial charge in [0.15, 0.2) is 0 Å². The van der Waals surface area contributed by atoms with Crippen LogP contribution in [0, 0.1) is 0 Å². The van der Waals surface area contributed by atoms with Crippen LogP contribution in [0.4, 0.5) is 0 Å². The number of hydrogen-bond acceptors (Lipinski definition) is 5. The van der Waals surface area contributed by atoms with Gasteiger partial charge in [0.1, 0.15) is 5.78 Å². The van der Waals surface area contributed by atoms with Gasteiger partial charge >= 0.3 is 7.60 Å². The molecule has 1 atom stereocenters. The molecule has 1 aromatic rings. The highest BCUT2D eigenvalue weighted by molar-refractivity contribution is 8.00. The highest BCUT2D eigenvalue weighted by Gasteiger charge is 2.35. The Balaban J connectivity index is 3.16. The minimum Gasteiger partial charge on any atom is -0.314 e. The topological polar surface area (TPSA) is 61.5 Å². The van der Waals surface area contributed by atoms with Gasteiger partial charge in [-0.25, -0.2) is 0 Å². The highest BCUT2D eigenvalue weighted by atomic mass is 32.2. The van der Waals surface area contributed by atoms with Crippen molar-refractivity contribution < 1.29 is 13.6 Å². The van der Waals surface area contributed by atoms with E-state index in [0.29, 0.717) is 13.2 Å². The Kier molecular flexibility index (Phi) is 6.95. The molecule has 0 aliphatic rings. The summed E-state index contributed by atoms with van der Waals surface area (Å²) in [5, 5.41) is 0. The first kappa shape index (κ1) is 18.7. The average Bonchev–Trinajstić information content (AvgIpc) is 2.37. The fourth-order valence-electron chi connectivity index (χ4n) is 1.88. The molecule has 4 nitrogen and oxygen atoms in total. The molecule has 21 heavy (non-hydrogen) atoms. The molecule has 0 saturated carbocycles. The van der Waals surface area contributed by atoms with Gasteiger partial charge in [0, 0.05) is 9.64 Å². The van der Waals surface area contributed by atoms with Crippen LogP contribution < -0.4 is 5.73 Å². The average molecular weight is 331 g/mol. The first-order chi connectivity index (χ1) is 9.73. The molecule has 0 unspecified atom stereocenters. The molecule has 120 valence electrons. The minimum absolute atomic E-state index is 0.0387. The summed E-state index contributed by atoms with van der Waals surface area (Å²) in [7, 11) is -3.36. The third-order valence-corrected chi connectivity index (χ3v) is 6.01. The molecule has 2 N–H and O–H groups in total. The maximum Gasteiger partial charge on any atom is 0.351 e. The zero-order valence-corrected chi connectivity index (χ0v) is 15.2. The van der Waals surface area contributed by atoms with Gasteiger partial charge in [0.25, 0.3) is 0 Å². The predicted octanol–water partition coefficient (Wildman–Crippen LogP) is 4.80. The maximum atomic E-state index is 12.9. The van der Waals surface area contributed by atoms with Crippen molar-refractivity contribution in [2.75, 3.05) is 13.2 Å². The van der Waals surface area contributed by atoms with Crippen molar-refractivity contribution in [3.63, 3.8) is 0 Å². The van der Waals surface area contributed by atoms with Crippen LogP contribution in [0.25, 0.3) is 0 Å². The quantitative estimate of drug-likeness (QED) is 0.574. The first-order valence-corrected chi connectivity index (χ1v) is 9.58. The van der Waals surface area contributed by atoms with E-state index in [0.717, 1.165) is 10.5 Å². The van der Waals surface area contributed by atoms with Gasteiger partial charge in [-0.1, -0.05) is 39.0 Å². The van der Waals surface area contributed by atoms with E-state index in [9.17, 15) is 4.57 Å². The summed E-state index contributed by atoms with van der Waals surface area (Å²) in [6, 6.07) is 7.73. The van der Waals surface area contributed by atoms with Crippen molar-refractivity contribution in [1.29, 1.82) is 0 Å². The van der Waals surface area contributed by atoms with Gasteiger partial charge < -0.3 is 14.8 Å². The van der Waals surface area contributed by atoms with E-state index in [1.54, 1.807) is 25.6 Å². The van der Waals surface area contributed by atoms with Gasteiger partial charge in [0.2, 0.25) is 0 Å². The molecule has 0 aromatic heterocycles. The molecule has 1 aromatic carbocycles. The Morgan fingerprint density at radius 3 is 2.19 bits per heavy atom. The van der Waals surface area contributed by atoms with E-state index < -0.39 is 13.4 Å². The second-order valence-electron chi connectivity index (χ2n) is 5.57. The number of hydrogen-bond donors (Lipinski definition) is 1. The summed E-state index contributed by atoms with van der Waals surface area (Å²) in [4.78, 5) is 1.01. The van der Waals surface area contributed by atoms with E-state index in [4.69, 9.17) is 14.8 Å². The Bertz CT molecular complexity index is 492. The predicted molar refractivity (Wildman–Crippen MR) is 89.8 cm³/mol. The van der Waals surface area contributed by atoms with Crippen molar-refractivity contribution >= 4 is 19.4 Å². The molecular weight excluding hydrogens is 305 g/mol. The maximum absolute atomic E-state index is 12.9. The molecule has 0 bridgehead atoms. The highest BCUT2D eigenvalue weighted by Crippen LogP contribution is 2.59. The van der Waals surface area contributed by atoms with E-state index in [2.05, 4.69) is 20.8 Å². The third kappa shape index (κ3) is 5.42. The molecule has 0 saturated heterocycles. The third-order valence-electron chi connectivity index (χ3n) is 2.61. The summed E-state index contributed by atoms with van der Waals surface area (Å²) in [6.45, 7) is 10.6. The van der Waals surface area contributed by atoms with Crippen molar-refractivity contribution in [2.24, 2.45) is 5.73 Å². The molecule has 0 amide bonds. The molecule has 1 rings (SSSR count). The molecule has 0 heterocycles. The first-order valence-electron chi connectivity index (χ1n) is 7.16. The van der Waals surface area contributed by atoms with Crippen LogP contribution >= 0.6 is 19.4 Å². The Morgan fingerprint density at radius 2 is 1.71 bits per heavy atom. The minimum atomic E-state index is -3.36. The molecule has 0 aliphatic carbocycles. The smallest absolute Gasteiger partial charge is 0.314 e. The second-order valence-corrected chi connectivity index (χ2v) is 9.59. The van der Waals surface area contributed by atoms with E-state index in [1.807, 2.05) is 24.3 Å². The normalized spacial score (nSPS) is 14.2. The SMILES string of the molecule is CCOP(=O)(OCC)[C@H](N)c1ccccc1SC(C)(C)C. The second kappa shape index (κ2) is 7.80. The fourth-order valence-corrected chi connectivity index (χ4v) is 4.76. The zero-order chi connectivity index (χ0) is 16.1. The lowest BCUT2D eigenvalue weighted by molar-refractivity contribution is 0.212. The van der Waals surface area contributed by atoms with Crippen molar-refractivity contribution in [2.45, 2.75) is 50.0 Å². The molecule has 0 spiro atoms. The summed E-state index contributed by atoms with van der Waals surface area (Å²) in [5.74, 6) is -0.775. The van der Waals surface area contributed by atoms with Crippen LogP contribution in [0.5, 0.6) is 0 Å². The molecule has 0 aliphatic heterocycles. The lowest BCUT2D eigenvalue weighted by Crippen LogP contribution is -2.17. The van der Waals surface area contributed by atoms with Gasteiger partial charge in [0.05, 0.1) is 13.2 Å². The number of benzene rings is 1. The summed E-state index contributed by atoms with van der Waals surface area (Å²) in [5.41, 5.74) is 7.05. The number of thioether (sulfide) groups is 1. The molecule has 6 heteroatoms. The molecular formula is C15H26NO3PS. The largest absolute Gasteiger partial charge is 0.351 e. The lowest BCUT2D eigenvalue weighted by atomic mass is 10.2. The number of nitrogens with two attached hydrogens (primary N) is 1. The van der Waals surface area contributed by atoms with Gasteiger partial charge in [-0.15, -0.1) is 11.8 Å². The van der Waals surface area contributed by atoms with E-state index in [1.165, 1.54) is 0 Å². The fraction of sp³-hybridized carbons (Fsp3) is 0.600. The summed E-state index contributed by atoms with van der Waals surface area (Å²) in [6.07, 6.45) is 0. The van der Waals surface area contributed by atoms with Crippen LogP contribution in [0.1, 0.15) is 46.0 Å². The van der Waals surface area contributed by atoms with Gasteiger partial charge in [-0.05, 0) is 25.5 Å². The van der Waals surface area contributed by atoms with Crippen LogP contribution in [0.2, 0.25) is 0 Å². The summed E-state index contributed by atoms with van der Waals surface area (Å²) < 4.78 is 23.6. The molecule has 0 radical (unpaired) electrons. The van der Waals surface area contributed by atoms with Crippen LogP contribution in [0.3, 0.4) is 0 Å². The van der Waals surface area contributed by atoms with Crippen molar-refractivity contribution in [1.82, 2.24) is 0 Å². The van der Waals surface area contributed by atoms with Crippen molar-refractivity contribution in [3.8, 4) is 0 Å². The Hall–Kier alpha value is -0.320.